The molecule has 4 aromatic rings. The Kier molecular flexibility index (Phi) is 6.83. The van der Waals surface area contributed by atoms with Crippen LogP contribution in [-0.2, 0) is 6.18 Å². The number of nitrogens with one attached hydrogen (secondary N) is 1. The van der Waals surface area contributed by atoms with Crippen molar-refractivity contribution in [2.75, 3.05) is 5.32 Å². The number of nitriles is 1. The Bertz CT molecular complexity index is 1610. The molecular weight excluding hydrogens is 529 g/mol. The monoisotopic (exact) mass is 544 g/mol. The molecule has 3 heterocycles. The maximum absolute atomic E-state index is 13.4. The van der Waals surface area contributed by atoms with E-state index in [1.54, 1.807) is 13.0 Å². The van der Waals surface area contributed by atoms with Gasteiger partial charge in [-0.3, -0.25) is 9.59 Å². The number of hydrogen-bond acceptors (Lipinski definition) is 8. The maximum atomic E-state index is 13.4. The number of rotatable bonds is 6. The summed E-state index contributed by atoms with van der Waals surface area (Å²) in [5, 5.41) is 26.1. The van der Waals surface area contributed by atoms with Crippen LogP contribution in [-0.4, -0.2) is 46.8 Å². The lowest BCUT2D eigenvalue weighted by Crippen LogP contribution is -2.22. The Hall–Kier alpha value is -4.84. The number of primary amides is 1. The van der Waals surface area contributed by atoms with Gasteiger partial charge in [0.1, 0.15) is 11.7 Å². The Labute approximate surface area is 216 Å². The van der Waals surface area contributed by atoms with Gasteiger partial charge in [-0.15, -0.1) is 10.2 Å². The van der Waals surface area contributed by atoms with Crippen LogP contribution in [0.3, 0.4) is 0 Å². The molecule has 0 saturated carbocycles. The molecule has 0 radical (unpaired) electrons. The van der Waals surface area contributed by atoms with Gasteiger partial charge in [-0.2, -0.15) is 28.3 Å². The number of aromatic nitrogens is 7. The lowest BCUT2D eigenvalue weighted by Gasteiger charge is -2.13. The zero-order valence-corrected chi connectivity index (χ0v) is 20.3. The number of benzene rings is 1. The number of carbonyl (C=O) groups excluding carboxylic acids is 2. The largest absolute Gasteiger partial charge is 0.455 e. The SMILES string of the molecule is Cc1cc(C#N)cc(C(N)=O)c1NC(=O)c1cc(C(C)n2nnc(C(F)(F)F)n2)nn1-c1ncccc1Cl. The molecule has 4 rings (SSSR count). The van der Waals surface area contributed by atoms with E-state index < -0.39 is 29.9 Å². The Morgan fingerprint density at radius 2 is 1.97 bits per heavy atom. The Morgan fingerprint density at radius 3 is 2.58 bits per heavy atom. The van der Waals surface area contributed by atoms with Crippen LogP contribution in [0, 0.1) is 18.3 Å². The molecule has 3 aromatic heterocycles. The minimum Gasteiger partial charge on any atom is -0.366 e. The average molecular weight is 545 g/mol. The summed E-state index contributed by atoms with van der Waals surface area (Å²) in [7, 11) is 0. The topological polar surface area (TPSA) is 170 Å². The van der Waals surface area contributed by atoms with Crippen molar-refractivity contribution in [3.8, 4) is 11.9 Å². The molecule has 0 bridgehead atoms. The third-order valence-corrected chi connectivity index (χ3v) is 5.62. The van der Waals surface area contributed by atoms with E-state index in [0.29, 0.717) is 10.4 Å². The first-order valence-electron chi connectivity index (χ1n) is 10.6. The highest BCUT2D eigenvalue weighted by Gasteiger charge is 2.37. The summed E-state index contributed by atoms with van der Waals surface area (Å²) in [5.41, 5.74) is 5.90. The molecular formula is C22H16ClF3N10O2. The number of pyridine rings is 1. The van der Waals surface area contributed by atoms with Gasteiger partial charge in [0, 0.05) is 6.20 Å². The first-order chi connectivity index (χ1) is 17.9. The van der Waals surface area contributed by atoms with Crippen molar-refractivity contribution in [2.45, 2.75) is 26.1 Å². The number of aryl methyl sites for hydroxylation is 1. The number of tetrazole rings is 1. The zero-order valence-electron chi connectivity index (χ0n) is 19.5. The van der Waals surface area contributed by atoms with Crippen molar-refractivity contribution >= 4 is 29.1 Å². The van der Waals surface area contributed by atoms with E-state index in [1.807, 2.05) is 6.07 Å². The minimum atomic E-state index is -4.80. The summed E-state index contributed by atoms with van der Waals surface area (Å²) >= 11 is 6.27. The first kappa shape index (κ1) is 26.2. The van der Waals surface area contributed by atoms with E-state index >= 15 is 0 Å². The van der Waals surface area contributed by atoms with E-state index in [2.05, 4.69) is 30.8 Å². The van der Waals surface area contributed by atoms with Gasteiger partial charge in [0.25, 0.3) is 17.6 Å². The minimum absolute atomic E-state index is 0.0481. The number of alkyl halides is 3. The Balaban J connectivity index is 1.80. The lowest BCUT2D eigenvalue weighted by molar-refractivity contribution is -0.145. The number of nitrogens with zero attached hydrogens (tertiary/aromatic N) is 8. The molecule has 0 aliphatic rings. The van der Waals surface area contributed by atoms with Crippen LogP contribution in [0.4, 0.5) is 18.9 Å². The third kappa shape index (κ3) is 5.02. The van der Waals surface area contributed by atoms with Crippen molar-refractivity contribution in [1.29, 1.82) is 5.26 Å². The smallest absolute Gasteiger partial charge is 0.366 e. The van der Waals surface area contributed by atoms with Gasteiger partial charge in [0.15, 0.2) is 5.82 Å². The molecule has 0 aliphatic heterocycles. The van der Waals surface area contributed by atoms with Crippen molar-refractivity contribution in [3.05, 3.63) is 75.5 Å². The fourth-order valence-electron chi connectivity index (χ4n) is 3.47. The second-order valence-corrected chi connectivity index (χ2v) is 8.34. The molecule has 12 nitrogen and oxygen atoms in total. The summed E-state index contributed by atoms with van der Waals surface area (Å²) < 4.78 is 40.0. The van der Waals surface area contributed by atoms with Crippen molar-refractivity contribution in [1.82, 2.24) is 35.0 Å². The van der Waals surface area contributed by atoms with E-state index in [4.69, 9.17) is 17.3 Å². The van der Waals surface area contributed by atoms with Crippen molar-refractivity contribution in [3.63, 3.8) is 0 Å². The molecule has 1 atom stereocenters. The number of hydrogen-bond donors (Lipinski definition) is 2. The van der Waals surface area contributed by atoms with Crippen LogP contribution in [0.5, 0.6) is 0 Å². The van der Waals surface area contributed by atoms with Gasteiger partial charge in [-0.1, -0.05) is 11.6 Å². The van der Waals surface area contributed by atoms with E-state index in [1.165, 1.54) is 37.4 Å². The highest BCUT2D eigenvalue weighted by atomic mass is 35.5. The molecule has 0 spiro atoms. The first-order valence-corrected chi connectivity index (χ1v) is 11.0. The summed E-state index contributed by atoms with van der Waals surface area (Å²) in [4.78, 5) is 30.3. The van der Waals surface area contributed by atoms with Gasteiger partial charge < -0.3 is 11.1 Å². The van der Waals surface area contributed by atoms with Crippen LogP contribution < -0.4 is 11.1 Å². The molecule has 0 aliphatic carbocycles. The van der Waals surface area contributed by atoms with Gasteiger partial charge in [-0.05, 0) is 55.0 Å². The van der Waals surface area contributed by atoms with Crippen molar-refractivity contribution < 1.29 is 22.8 Å². The maximum Gasteiger partial charge on any atom is 0.455 e. The molecule has 1 unspecified atom stereocenters. The van der Waals surface area contributed by atoms with Crippen molar-refractivity contribution in [2.24, 2.45) is 5.73 Å². The van der Waals surface area contributed by atoms with Crippen LogP contribution in [0.1, 0.15) is 56.5 Å². The fraction of sp³-hybridized carbons (Fsp3) is 0.182. The molecule has 1 aromatic carbocycles. The van der Waals surface area contributed by atoms with Crippen LogP contribution in [0.2, 0.25) is 5.02 Å². The predicted molar refractivity (Wildman–Crippen MR) is 125 cm³/mol. The standard InChI is InChI=1S/C22H16ClF3N10O2/c1-10-6-12(9-27)7-13(18(28)37)17(10)30-20(38)16-8-15(32-35(16)19-14(23)4-3-5-29-19)11(2)36-33-21(31-34-36)22(24,25)26/h3-8,11H,1-2H3,(H2,28,37)(H,30,38). The zero-order chi connectivity index (χ0) is 27.8. The van der Waals surface area contributed by atoms with Gasteiger partial charge >= 0.3 is 6.18 Å². The summed E-state index contributed by atoms with van der Waals surface area (Å²) in [6.45, 7) is 3.02. The molecule has 194 valence electrons. The fourth-order valence-corrected chi connectivity index (χ4v) is 3.67. The van der Waals surface area contributed by atoms with Crippen LogP contribution >= 0.6 is 11.6 Å². The lowest BCUT2D eigenvalue weighted by atomic mass is 10.0. The number of amides is 2. The molecule has 2 amide bonds. The molecule has 0 saturated heterocycles. The summed E-state index contributed by atoms with van der Waals surface area (Å²) in [6, 6.07) is 7.94. The normalized spacial score (nSPS) is 12.1. The molecule has 3 N–H and O–H groups in total. The molecule has 16 heteroatoms. The summed E-state index contributed by atoms with van der Waals surface area (Å²) in [5.74, 6) is -3.05. The van der Waals surface area contributed by atoms with E-state index in [9.17, 15) is 28.0 Å². The van der Waals surface area contributed by atoms with Gasteiger partial charge in [-0.25, -0.2) is 9.67 Å². The number of nitrogens with two attached hydrogens (primary N) is 1. The quantitative estimate of drug-likeness (QED) is 0.373. The average Bonchev–Trinajstić information content (AvgIpc) is 3.53. The van der Waals surface area contributed by atoms with E-state index in [-0.39, 0.29) is 39.0 Å². The highest BCUT2D eigenvalue weighted by molar-refractivity contribution is 6.32. The molecule has 38 heavy (non-hydrogen) atoms. The highest BCUT2D eigenvalue weighted by Crippen LogP contribution is 2.28. The number of anilines is 1. The number of halogens is 4. The summed E-state index contributed by atoms with van der Waals surface area (Å²) in [6.07, 6.45) is -3.40. The number of carbonyl (C=O) groups is 2. The van der Waals surface area contributed by atoms with E-state index in [0.717, 1.165) is 4.68 Å². The van der Waals surface area contributed by atoms with Gasteiger partial charge in [0.2, 0.25) is 0 Å². The second-order valence-electron chi connectivity index (χ2n) is 7.93. The van der Waals surface area contributed by atoms with Gasteiger partial charge in [0.05, 0.1) is 33.6 Å². The predicted octanol–water partition coefficient (Wildman–Crippen LogP) is 3.07. The second kappa shape index (κ2) is 9.90. The third-order valence-electron chi connectivity index (χ3n) is 5.33. The van der Waals surface area contributed by atoms with Crippen LogP contribution in [0.15, 0.2) is 36.5 Å². The molecule has 0 fully saturated rings. The van der Waals surface area contributed by atoms with Crippen LogP contribution in [0.25, 0.3) is 5.82 Å². The Morgan fingerprint density at radius 1 is 1.24 bits per heavy atom.